The van der Waals surface area contributed by atoms with Crippen molar-refractivity contribution < 1.29 is 19.0 Å². The van der Waals surface area contributed by atoms with Gasteiger partial charge in [0.05, 0.1) is 12.1 Å². The van der Waals surface area contributed by atoms with E-state index in [4.69, 9.17) is 15.2 Å². The first-order valence-electron chi connectivity index (χ1n) is 8.15. The largest absolute Gasteiger partial charge is 0.444 e. The van der Waals surface area contributed by atoms with Crippen molar-refractivity contribution >= 4 is 17.6 Å². The van der Waals surface area contributed by atoms with Crippen molar-refractivity contribution in [2.75, 3.05) is 19.9 Å². The van der Waals surface area contributed by atoms with Gasteiger partial charge in [-0.3, -0.25) is 10.6 Å². The summed E-state index contributed by atoms with van der Waals surface area (Å²) in [5.74, 6) is 0.568. The summed E-state index contributed by atoms with van der Waals surface area (Å²) in [7, 11) is 0. The molecule has 2 aliphatic rings. The Kier molecular flexibility index (Phi) is 4.71. The first-order chi connectivity index (χ1) is 10.6. The van der Waals surface area contributed by atoms with E-state index in [0.29, 0.717) is 25.7 Å². The lowest BCUT2D eigenvalue weighted by Gasteiger charge is -2.33. The van der Waals surface area contributed by atoms with Crippen LogP contribution >= 0.6 is 0 Å². The molecular formula is C16H29N4O3+. The highest BCUT2D eigenvalue weighted by Gasteiger charge is 2.55. The average Bonchev–Trinajstić information content (AvgIpc) is 2.85. The molecule has 1 fully saturated rings. The zero-order chi connectivity index (χ0) is 17.4. The first-order valence-corrected chi connectivity index (χ1v) is 8.15. The zero-order valence-electron chi connectivity index (χ0n) is 15.0. The Bertz CT molecular complexity index is 546. The molecule has 0 aromatic rings. The predicted molar refractivity (Wildman–Crippen MR) is 88.5 cm³/mol. The quantitative estimate of drug-likeness (QED) is 0.631. The van der Waals surface area contributed by atoms with Crippen LogP contribution in [0.5, 0.6) is 0 Å². The van der Waals surface area contributed by atoms with E-state index in [2.05, 4.69) is 12.0 Å². The third-order valence-corrected chi connectivity index (χ3v) is 4.06. The number of hydrogen-bond donors (Lipinski definition) is 1. The van der Waals surface area contributed by atoms with E-state index in [1.54, 1.807) is 9.58 Å². The number of likely N-dealkylation sites (tertiary alicyclic amines) is 1. The molecule has 0 bridgehead atoms. The third-order valence-electron chi connectivity index (χ3n) is 4.06. The first kappa shape index (κ1) is 17.7. The Balaban J connectivity index is 2.14. The van der Waals surface area contributed by atoms with Gasteiger partial charge >= 0.3 is 6.09 Å². The molecule has 0 aliphatic carbocycles. The van der Waals surface area contributed by atoms with Crippen molar-refractivity contribution in [3.05, 3.63) is 0 Å². The fourth-order valence-electron chi connectivity index (χ4n) is 2.87. The lowest BCUT2D eigenvalue weighted by atomic mass is 9.93. The topological polar surface area (TPSA) is 80.2 Å². The average molecular weight is 325 g/mol. The number of hydrogen-bond acceptors (Lipinski definition) is 5. The van der Waals surface area contributed by atoms with Crippen LogP contribution in [-0.4, -0.2) is 58.2 Å². The molecule has 0 spiro atoms. The molecule has 1 atom stereocenters. The van der Waals surface area contributed by atoms with E-state index in [9.17, 15) is 4.79 Å². The van der Waals surface area contributed by atoms with Crippen LogP contribution in [0.3, 0.4) is 0 Å². The SMILES string of the molecule is CCCOC[N+]1=C(N)C2CN(C(=O)OC(C)(C)C)C(C)(C)C2=N1. The molecular weight excluding hydrogens is 296 g/mol. The fourth-order valence-corrected chi connectivity index (χ4v) is 2.87. The number of nitrogens with zero attached hydrogens (tertiary/aromatic N) is 3. The molecule has 1 saturated heterocycles. The summed E-state index contributed by atoms with van der Waals surface area (Å²) in [6, 6.07) is 0. The van der Waals surface area contributed by atoms with Crippen LogP contribution < -0.4 is 5.73 Å². The molecule has 7 heteroatoms. The number of rotatable bonds is 4. The summed E-state index contributed by atoms with van der Waals surface area (Å²) in [4.78, 5) is 14.2. The second-order valence-corrected chi connectivity index (χ2v) is 7.55. The molecule has 2 heterocycles. The third kappa shape index (κ3) is 3.49. The van der Waals surface area contributed by atoms with Crippen molar-refractivity contribution in [2.24, 2.45) is 16.8 Å². The Hall–Kier alpha value is -1.63. The second-order valence-electron chi connectivity index (χ2n) is 7.55. The van der Waals surface area contributed by atoms with Gasteiger partial charge in [-0.1, -0.05) is 12.0 Å². The minimum Gasteiger partial charge on any atom is -0.444 e. The fraction of sp³-hybridized carbons (Fsp3) is 0.812. The minimum absolute atomic E-state index is 0.0669. The van der Waals surface area contributed by atoms with E-state index in [-0.39, 0.29) is 12.0 Å². The van der Waals surface area contributed by atoms with Gasteiger partial charge in [0.2, 0.25) is 6.73 Å². The molecule has 130 valence electrons. The molecule has 0 saturated carbocycles. The number of fused-ring (bicyclic) bond motifs is 1. The molecule has 1 unspecified atom stereocenters. The van der Waals surface area contributed by atoms with Gasteiger partial charge in [-0.05, 0) is 41.0 Å². The minimum atomic E-state index is -0.531. The molecule has 7 nitrogen and oxygen atoms in total. The van der Waals surface area contributed by atoms with Crippen LogP contribution in [0.4, 0.5) is 4.79 Å². The number of nitrogens with two attached hydrogens (primary N) is 1. The molecule has 0 radical (unpaired) electrons. The number of carbonyl (C=O) groups excluding carboxylic acids is 1. The smallest absolute Gasteiger partial charge is 0.411 e. The maximum absolute atomic E-state index is 12.5. The van der Waals surface area contributed by atoms with Gasteiger partial charge in [0.15, 0.2) is 0 Å². The van der Waals surface area contributed by atoms with E-state index in [1.807, 2.05) is 34.6 Å². The van der Waals surface area contributed by atoms with Crippen molar-refractivity contribution in [1.29, 1.82) is 0 Å². The number of amidine groups is 1. The summed E-state index contributed by atoms with van der Waals surface area (Å²) in [6.07, 6.45) is 0.618. The lowest BCUT2D eigenvalue weighted by Crippen LogP contribution is -2.48. The molecule has 23 heavy (non-hydrogen) atoms. The van der Waals surface area contributed by atoms with Crippen molar-refractivity contribution in [3.63, 3.8) is 0 Å². The van der Waals surface area contributed by atoms with Crippen LogP contribution in [0.15, 0.2) is 5.10 Å². The molecule has 0 aromatic carbocycles. The Labute approximate surface area is 138 Å². The van der Waals surface area contributed by atoms with E-state index >= 15 is 0 Å². The molecule has 2 aliphatic heterocycles. The monoisotopic (exact) mass is 325 g/mol. The normalized spacial score (nSPS) is 23.1. The Morgan fingerprint density at radius 3 is 2.65 bits per heavy atom. The zero-order valence-corrected chi connectivity index (χ0v) is 15.0. The maximum atomic E-state index is 12.5. The highest BCUT2D eigenvalue weighted by molar-refractivity contribution is 6.13. The summed E-state index contributed by atoms with van der Waals surface area (Å²) in [5.41, 5.74) is 6.06. The van der Waals surface area contributed by atoms with Gasteiger partial charge in [-0.15, -0.1) is 4.68 Å². The van der Waals surface area contributed by atoms with Gasteiger partial charge in [0.25, 0.3) is 5.84 Å². The molecule has 2 N–H and O–H groups in total. The van der Waals surface area contributed by atoms with Crippen LogP contribution in [0.2, 0.25) is 0 Å². The summed E-state index contributed by atoms with van der Waals surface area (Å²) in [5, 5.41) is 4.60. The van der Waals surface area contributed by atoms with Gasteiger partial charge in [-0.25, -0.2) is 4.79 Å². The summed E-state index contributed by atoms with van der Waals surface area (Å²) >= 11 is 0. The Morgan fingerprint density at radius 1 is 1.48 bits per heavy atom. The van der Waals surface area contributed by atoms with Gasteiger partial charge in [0, 0.05) is 6.54 Å². The molecule has 0 aromatic heterocycles. The highest BCUT2D eigenvalue weighted by Crippen LogP contribution is 2.34. The van der Waals surface area contributed by atoms with E-state index in [1.165, 1.54) is 0 Å². The lowest BCUT2D eigenvalue weighted by molar-refractivity contribution is -0.572. The molecule has 1 amide bonds. The van der Waals surface area contributed by atoms with Crippen LogP contribution in [0.25, 0.3) is 0 Å². The summed E-state index contributed by atoms with van der Waals surface area (Å²) < 4.78 is 12.7. The Morgan fingerprint density at radius 2 is 2.13 bits per heavy atom. The van der Waals surface area contributed by atoms with E-state index < -0.39 is 11.1 Å². The number of hydrazone groups is 1. The second kappa shape index (κ2) is 6.11. The standard InChI is InChI=1S/C16H28N4O3/c1-7-8-22-10-20-13(17)11-9-19(14(21)23-15(2,3)4)16(5,6)12(11)18-20/h11,17H,7-10H2,1-6H3/p+1. The van der Waals surface area contributed by atoms with E-state index in [0.717, 1.165) is 12.1 Å². The van der Waals surface area contributed by atoms with Gasteiger partial charge in [-0.2, -0.15) is 0 Å². The van der Waals surface area contributed by atoms with Crippen LogP contribution in [0.1, 0.15) is 48.0 Å². The van der Waals surface area contributed by atoms with Crippen LogP contribution in [-0.2, 0) is 9.47 Å². The number of carbonyl (C=O) groups is 1. The van der Waals surface area contributed by atoms with Gasteiger partial charge in [0.1, 0.15) is 17.2 Å². The summed E-state index contributed by atoms with van der Waals surface area (Å²) in [6.45, 7) is 13.1. The maximum Gasteiger partial charge on any atom is 0.411 e. The predicted octanol–water partition coefficient (Wildman–Crippen LogP) is 1.76. The highest BCUT2D eigenvalue weighted by atomic mass is 16.6. The number of amides is 1. The van der Waals surface area contributed by atoms with Crippen molar-refractivity contribution in [3.8, 4) is 0 Å². The van der Waals surface area contributed by atoms with Crippen molar-refractivity contribution in [1.82, 2.24) is 4.90 Å². The van der Waals surface area contributed by atoms with Crippen molar-refractivity contribution in [2.45, 2.75) is 59.1 Å². The van der Waals surface area contributed by atoms with Crippen LogP contribution in [0, 0.1) is 5.92 Å². The molecule has 2 rings (SSSR count). The number of ether oxygens (including phenoxy) is 2. The van der Waals surface area contributed by atoms with Gasteiger partial charge < -0.3 is 9.47 Å².